The third-order valence-corrected chi connectivity index (χ3v) is 4.04. The molecule has 0 aliphatic rings. The first kappa shape index (κ1) is 16.6. The van der Waals surface area contributed by atoms with Crippen LogP contribution in [0.25, 0.3) is 10.8 Å². The Morgan fingerprint density at radius 3 is 2.60 bits per heavy atom. The molecule has 2 N–H and O–H groups in total. The fraction of sp³-hybridized carbons (Fsp3) is 0.222. The van der Waals surface area contributed by atoms with E-state index >= 15 is 0 Å². The number of aromatic nitrogens is 2. The quantitative estimate of drug-likeness (QED) is 0.508. The standard InChI is InChI=1S/C18H19N5O2/c1-3-12(2)21-17-16(23(24)25)18(20-11-19-17)22-15-10-6-8-13-7-4-5-9-14(13)15/h4-12H,3H2,1-2H3,(H2,19,20,21,22). The molecule has 0 fully saturated rings. The molecule has 7 nitrogen and oxygen atoms in total. The number of benzene rings is 2. The highest BCUT2D eigenvalue weighted by Gasteiger charge is 2.24. The maximum atomic E-state index is 11.6. The number of nitro groups is 1. The minimum Gasteiger partial charge on any atom is -0.362 e. The van der Waals surface area contributed by atoms with Gasteiger partial charge >= 0.3 is 5.69 Å². The average Bonchev–Trinajstić information content (AvgIpc) is 2.62. The summed E-state index contributed by atoms with van der Waals surface area (Å²) in [5.41, 5.74) is 0.602. The topological polar surface area (TPSA) is 93.0 Å². The van der Waals surface area contributed by atoms with Crippen LogP contribution in [0.1, 0.15) is 20.3 Å². The number of hydrogen-bond acceptors (Lipinski definition) is 6. The monoisotopic (exact) mass is 337 g/mol. The lowest BCUT2D eigenvalue weighted by molar-refractivity contribution is -0.383. The van der Waals surface area contributed by atoms with E-state index in [4.69, 9.17) is 0 Å². The first-order valence-electron chi connectivity index (χ1n) is 8.11. The van der Waals surface area contributed by atoms with Crippen molar-refractivity contribution in [1.82, 2.24) is 9.97 Å². The zero-order chi connectivity index (χ0) is 17.8. The van der Waals surface area contributed by atoms with Crippen molar-refractivity contribution in [2.75, 3.05) is 10.6 Å². The summed E-state index contributed by atoms with van der Waals surface area (Å²) >= 11 is 0. The number of nitrogens with zero attached hydrogens (tertiary/aromatic N) is 3. The molecule has 1 aromatic heterocycles. The predicted octanol–water partition coefficient (Wildman–Crippen LogP) is 4.49. The highest BCUT2D eigenvalue weighted by Crippen LogP contribution is 2.33. The van der Waals surface area contributed by atoms with Gasteiger partial charge in [-0.15, -0.1) is 0 Å². The lowest BCUT2D eigenvalue weighted by Gasteiger charge is -2.14. The van der Waals surface area contributed by atoms with E-state index in [1.54, 1.807) is 0 Å². The van der Waals surface area contributed by atoms with Gasteiger partial charge in [0.2, 0.25) is 11.6 Å². The molecular formula is C18H19N5O2. The van der Waals surface area contributed by atoms with Crippen LogP contribution in [0, 0.1) is 10.1 Å². The molecule has 0 aliphatic heterocycles. The van der Waals surface area contributed by atoms with Crippen LogP contribution in [-0.2, 0) is 0 Å². The van der Waals surface area contributed by atoms with Gasteiger partial charge in [0.1, 0.15) is 6.33 Å². The second-order valence-corrected chi connectivity index (χ2v) is 5.78. The second kappa shape index (κ2) is 7.12. The smallest absolute Gasteiger partial charge is 0.353 e. The molecule has 7 heteroatoms. The predicted molar refractivity (Wildman–Crippen MR) is 99.3 cm³/mol. The van der Waals surface area contributed by atoms with Crippen molar-refractivity contribution >= 4 is 33.8 Å². The van der Waals surface area contributed by atoms with Crippen molar-refractivity contribution in [3.8, 4) is 0 Å². The molecule has 1 heterocycles. The van der Waals surface area contributed by atoms with Gasteiger partial charge in [-0.25, -0.2) is 9.97 Å². The largest absolute Gasteiger partial charge is 0.362 e. The van der Waals surface area contributed by atoms with Gasteiger partial charge < -0.3 is 10.6 Å². The first-order valence-corrected chi connectivity index (χ1v) is 8.11. The van der Waals surface area contributed by atoms with E-state index in [9.17, 15) is 10.1 Å². The number of rotatable bonds is 6. The summed E-state index contributed by atoms with van der Waals surface area (Å²) in [5.74, 6) is 0.388. The van der Waals surface area contributed by atoms with Crippen molar-refractivity contribution in [1.29, 1.82) is 0 Å². The van der Waals surface area contributed by atoms with Gasteiger partial charge in [-0.05, 0) is 24.8 Å². The molecule has 2 aromatic carbocycles. The van der Waals surface area contributed by atoms with Crippen LogP contribution in [0.4, 0.5) is 23.0 Å². The maximum absolute atomic E-state index is 11.6. The van der Waals surface area contributed by atoms with Crippen molar-refractivity contribution in [2.24, 2.45) is 0 Å². The Hall–Kier alpha value is -3.22. The molecule has 25 heavy (non-hydrogen) atoms. The molecule has 3 aromatic rings. The normalized spacial score (nSPS) is 11.9. The number of anilines is 3. The van der Waals surface area contributed by atoms with E-state index in [1.165, 1.54) is 6.33 Å². The van der Waals surface area contributed by atoms with Crippen molar-refractivity contribution < 1.29 is 4.92 Å². The Morgan fingerprint density at radius 2 is 1.84 bits per heavy atom. The summed E-state index contributed by atoms with van der Waals surface area (Å²) in [6.07, 6.45) is 2.15. The second-order valence-electron chi connectivity index (χ2n) is 5.78. The summed E-state index contributed by atoms with van der Waals surface area (Å²) in [7, 11) is 0. The molecule has 0 aliphatic carbocycles. The molecule has 1 atom stereocenters. The van der Waals surface area contributed by atoms with E-state index in [0.29, 0.717) is 0 Å². The van der Waals surface area contributed by atoms with Crippen LogP contribution in [0.5, 0.6) is 0 Å². The van der Waals surface area contributed by atoms with E-state index in [0.717, 1.165) is 22.9 Å². The third-order valence-electron chi connectivity index (χ3n) is 4.04. The van der Waals surface area contributed by atoms with Gasteiger partial charge in [0.15, 0.2) is 0 Å². The third kappa shape index (κ3) is 3.50. The Morgan fingerprint density at radius 1 is 1.12 bits per heavy atom. The van der Waals surface area contributed by atoms with Crippen LogP contribution in [0.2, 0.25) is 0 Å². The summed E-state index contributed by atoms with van der Waals surface area (Å²) in [5, 5.41) is 19.8. The molecule has 0 saturated carbocycles. The fourth-order valence-corrected chi connectivity index (χ4v) is 2.55. The lowest BCUT2D eigenvalue weighted by atomic mass is 10.1. The SMILES string of the molecule is CCC(C)Nc1ncnc(Nc2cccc3ccccc23)c1[N+](=O)[O-]. The van der Waals surface area contributed by atoms with Crippen molar-refractivity contribution in [3.63, 3.8) is 0 Å². The minimum atomic E-state index is -0.460. The van der Waals surface area contributed by atoms with E-state index < -0.39 is 4.92 Å². The van der Waals surface area contributed by atoms with Crippen LogP contribution in [-0.4, -0.2) is 20.9 Å². The average molecular weight is 337 g/mol. The van der Waals surface area contributed by atoms with Crippen LogP contribution >= 0.6 is 0 Å². The van der Waals surface area contributed by atoms with Gasteiger partial charge in [0.05, 0.1) is 4.92 Å². The van der Waals surface area contributed by atoms with Crippen LogP contribution in [0.15, 0.2) is 48.8 Å². The lowest BCUT2D eigenvalue weighted by Crippen LogP contribution is -2.16. The van der Waals surface area contributed by atoms with E-state index in [2.05, 4.69) is 20.6 Å². The highest BCUT2D eigenvalue weighted by molar-refractivity contribution is 5.96. The van der Waals surface area contributed by atoms with Crippen molar-refractivity contribution in [2.45, 2.75) is 26.3 Å². The molecule has 1 unspecified atom stereocenters. The molecule has 3 rings (SSSR count). The first-order chi connectivity index (χ1) is 12.1. The number of hydrogen-bond donors (Lipinski definition) is 2. The zero-order valence-corrected chi connectivity index (χ0v) is 14.1. The Labute approximate surface area is 145 Å². The van der Waals surface area contributed by atoms with Gasteiger partial charge in [-0.2, -0.15) is 0 Å². The molecule has 0 spiro atoms. The Bertz CT molecular complexity index is 908. The summed E-state index contributed by atoms with van der Waals surface area (Å²) in [6, 6.07) is 13.7. The van der Waals surface area contributed by atoms with Crippen LogP contribution < -0.4 is 10.6 Å². The molecule has 0 radical (unpaired) electrons. The molecule has 128 valence electrons. The van der Waals surface area contributed by atoms with E-state index in [1.807, 2.05) is 56.3 Å². The Kier molecular flexibility index (Phi) is 4.74. The molecule has 0 amide bonds. The summed E-state index contributed by atoms with van der Waals surface area (Å²) in [4.78, 5) is 19.3. The number of fused-ring (bicyclic) bond motifs is 1. The minimum absolute atomic E-state index is 0.0685. The van der Waals surface area contributed by atoms with Crippen LogP contribution in [0.3, 0.4) is 0 Å². The van der Waals surface area contributed by atoms with Gasteiger partial charge in [0.25, 0.3) is 0 Å². The maximum Gasteiger partial charge on any atom is 0.353 e. The zero-order valence-electron chi connectivity index (χ0n) is 14.1. The number of nitrogens with one attached hydrogen (secondary N) is 2. The summed E-state index contributed by atoms with van der Waals surface area (Å²) in [6.45, 7) is 3.95. The van der Waals surface area contributed by atoms with E-state index in [-0.39, 0.29) is 23.4 Å². The fourth-order valence-electron chi connectivity index (χ4n) is 2.55. The Balaban J connectivity index is 2.04. The van der Waals surface area contributed by atoms with Gasteiger partial charge in [-0.1, -0.05) is 43.3 Å². The van der Waals surface area contributed by atoms with Gasteiger partial charge in [-0.3, -0.25) is 10.1 Å². The molecular weight excluding hydrogens is 318 g/mol. The molecule has 0 saturated heterocycles. The summed E-state index contributed by atoms with van der Waals surface area (Å²) < 4.78 is 0. The van der Waals surface area contributed by atoms with Gasteiger partial charge in [0, 0.05) is 17.1 Å². The van der Waals surface area contributed by atoms with Crippen molar-refractivity contribution in [3.05, 3.63) is 58.9 Å². The molecule has 0 bridgehead atoms. The highest BCUT2D eigenvalue weighted by atomic mass is 16.6.